The second-order valence-electron chi connectivity index (χ2n) is 4.86. The molecule has 0 saturated heterocycles. The molecule has 130 valence electrons. The molecule has 0 N–H and O–H groups in total. The number of ether oxygens (including phenoxy) is 2. The van der Waals surface area contributed by atoms with Crippen LogP contribution < -0.4 is 9.47 Å². The van der Waals surface area contributed by atoms with Crippen LogP contribution in [-0.4, -0.2) is 23.9 Å². The first-order valence-corrected chi connectivity index (χ1v) is 9.43. The first kappa shape index (κ1) is 18.0. The zero-order valence-corrected chi connectivity index (χ0v) is 16.6. The van der Waals surface area contributed by atoms with Crippen LogP contribution in [0, 0.1) is 0 Å². The van der Waals surface area contributed by atoms with Gasteiger partial charge >= 0.3 is 0 Å². The second kappa shape index (κ2) is 8.03. The Labute approximate surface area is 162 Å². The quantitative estimate of drug-likeness (QED) is 0.491. The van der Waals surface area contributed by atoms with Gasteiger partial charge in [-0.05, 0) is 58.1 Å². The number of nitrogens with zero attached hydrogens (tertiary/aromatic N) is 2. The summed E-state index contributed by atoms with van der Waals surface area (Å²) in [6.07, 6.45) is 1.73. The molecule has 0 aliphatic carbocycles. The highest BCUT2D eigenvalue weighted by molar-refractivity contribution is 9.10. The summed E-state index contributed by atoms with van der Waals surface area (Å²) in [5.41, 5.74) is 0.813. The van der Waals surface area contributed by atoms with Crippen LogP contribution in [0.1, 0.15) is 18.4 Å². The molecule has 0 saturated carbocycles. The molecule has 0 aliphatic heterocycles. The average Bonchev–Trinajstić information content (AvgIpc) is 3.28. The molecular weight excluding hydrogens is 428 g/mol. The van der Waals surface area contributed by atoms with Gasteiger partial charge in [-0.3, -0.25) is 0 Å². The van der Waals surface area contributed by atoms with Gasteiger partial charge in [0.05, 0.1) is 23.1 Å². The Morgan fingerprint density at radius 1 is 1.44 bits per heavy atom. The molecule has 0 fully saturated rings. The standard InChI is InChI=1S/C17H14BrClN2O3S/c1-3-23-15-11(18)7-10(9-13(15)22-2)8-12(19)17-20-16(21-24-17)14-5-4-6-25-14/h4-9H,3H2,1-2H3/b12-8+. The molecule has 0 unspecified atom stereocenters. The fourth-order valence-corrected chi connectivity index (χ4v) is 3.57. The molecule has 1 aromatic carbocycles. The van der Waals surface area contributed by atoms with E-state index in [-0.39, 0.29) is 5.89 Å². The molecule has 3 rings (SSSR count). The van der Waals surface area contributed by atoms with Gasteiger partial charge in [-0.1, -0.05) is 22.8 Å². The summed E-state index contributed by atoms with van der Waals surface area (Å²) in [6.45, 7) is 2.45. The molecule has 0 bridgehead atoms. The number of thiophene rings is 1. The van der Waals surface area contributed by atoms with Crippen molar-refractivity contribution >= 4 is 50.0 Å². The maximum absolute atomic E-state index is 6.35. The molecule has 0 spiro atoms. The molecule has 8 heteroatoms. The van der Waals surface area contributed by atoms with Gasteiger partial charge < -0.3 is 14.0 Å². The average molecular weight is 442 g/mol. The van der Waals surface area contributed by atoms with E-state index >= 15 is 0 Å². The van der Waals surface area contributed by atoms with E-state index in [1.807, 2.05) is 36.6 Å². The fourth-order valence-electron chi connectivity index (χ4n) is 2.14. The maximum Gasteiger partial charge on any atom is 0.269 e. The van der Waals surface area contributed by atoms with Crippen LogP contribution >= 0.6 is 38.9 Å². The van der Waals surface area contributed by atoms with E-state index in [0.29, 0.717) is 29.0 Å². The number of hydrogen-bond donors (Lipinski definition) is 0. The van der Waals surface area contributed by atoms with E-state index in [1.54, 1.807) is 13.2 Å². The predicted octanol–water partition coefficient (Wildman–Crippen LogP) is 5.70. The van der Waals surface area contributed by atoms with Crippen molar-refractivity contribution in [2.75, 3.05) is 13.7 Å². The van der Waals surface area contributed by atoms with E-state index in [4.69, 9.17) is 25.6 Å². The minimum absolute atomic E-state index is 0.258. The van der Waals surface area contributed by atoms with E-state index in [9.17, 15) is 0 Å². The lowest BCUT2D eigenvalue weighted by Crippen LogP contribution is -1.97. The van der Waals surface area contributed by atoms with Crippen molar-refractivity contribution in [1.82, 2.24) is 10.1 Å². The van der Waals surface area contributed by atoms with Gasteiger partial charge in [0.25, 0.3) is 5.89 Å². The van der Waals surface area contributed by atoms with Gasteiger partial charge in [-0.25, -0.2) is 0 Å². The van der Waals surface area contributed by atoms with E-state index < -0.39 is 0 Å². The largest absolute Gasteiger partial charge is 0.493 e. The van der Waals surface area contributed by atoms with Crippen LogP contribution in [0.25, 0.3) is 21.8 Å². The van der Waals surface area contributed by atoms with E-state index in [2.05, 4.69) is 26.1 Å². The van der Waals surface area contributed by atoms with Crippen LogP contribution in [0.15, 0.2) is 38.6 Å². The van der Waals surface area contributed by atoms with E-state index in [0.717, 1.165) is 14.9 Å². The summed E-state index contributed by atoms with van der Waals surface area (Å²) >= 11 is 11.4. The molecular formula is C17H14BrClN2O3S. The molecule has 2 heterocycles. The predicted molar refractivity (Wildman–Crippen MR) is 103 cm³/mol. The molecule has 0 atom stereocenters. The summed E-state index contributed by atoms with van der Waals surface area (Å²) in [5, 5.41) is 6.25. The van der Waals surface area contributed by atoms with Crippen molar-refractivity contribution in [2.45, 2.75) is 6.92 Å². The zero-order valence-electron chi connectivity index (χ0n) is 13.5. The third-order valence-corrected chi connectivity index (χ3v) is 4.93. The third-order valence-electron chi connectivity index (χ3n) is 3.21. The van der Waals surface area contributed by atoms with Crippen molar-refractivity contribution in [1.29, 1.82) is 0 Å². The molecule has 5 nitrogen and oxygen atoms in total. The fraction of sp³-hybridized carbons (Fsp3) is 0.176. The second-order valence-corrected chi connectivity index (χ2v) is 7.07. The van der Waals surface area contributed by atoms with Gasteiger partial charge in [0.15, 0.2) is 11.5 Å². The maximum atomic E-state index is 6.35. The minimum Gasteiger partial charge on any atom is -0.493 e. The number of methoxy groups -OCH3 is 1. The number of rotatable bonds is 6. The van der Waals surface area contributed by atoms with Crippen LogP contribution in [-0.2, 0) is 0 Å². The third kappa shape index (κ3) is 4.05. The van der Waals surface area contributed by atoms with Crippen molar-refractivity contribution in [3.8, 4) is 22.2 Å². The summed E-state index contributed by atoms with van der Waals surface area (Å²) in [6, 6.07) is 7.56. The first-order valence-electron chi connectivity index (χ1n) is 7.37. The normalized spacial score (nSPS) is 11.6. The molecule has 0 amide bonds. The minimum atomic E-state index is 0.258. The van der Waals surface area contributed by atoms with Crippen LogP contribution in [0.4, 0.5) is 0 Å². The van der Waals surface area contributed by atoms with Gasteiger partial charge in [0.1, 0.15) is 5.03 Å². The number of aromatic nitrogens is 2. The van der Waals surface area contributed by atoms with Crippen LogP contribution in [0.3, 0.4) is 0 Å². The van der Waals surface area contributed by atoms with Crippen molar-refractivity contribution in [3.63, 3.8) is 0 Å². The SMILES string of the molecule is CCOc1c(Br)cc(/C=C(/Cl)c2nc(-c3cccs3)no2)cc1OC. The Kier molecular flexibility index (Phi) is 5.78. The summed E-state index contributed by atoms with van der Waals surface area (Å²) < 4.78 is 17.0. The van der Waals surface area contributed by atoms with Gasteiger partial charge in [0.2, 0.25) is 5.82 Å². The van der Waals surface area contributed by atoms with Gasteiger partial charge in [0, 0.05) is 0 Å². The Hall–Kier alpha value is -1.83. The van der Waals surface area contributed by atoms with Gasteiger partial charge in [-0.2, -0.15) is 4.98 Å². The smallest absolute Gasteiger partial charge is 0.269 e. The van der Waals surface area contributed by atoms with E-state index in [1.165, 1.54) is 11.3 Å². The molecule has 0 radical (unpaired) electrons. The number of benzene rings is 1. The summed E-state index contributed by atoms with van der Waals surface area (Å²) in [7, 11) is 1.59. The van der Waals surface area contributed by atoms with Crippen molar-refractivity contribution < 1.29 is 14.0 Å². The Morgan fingerprint density at radius 3 is 2.96 bits per heavy atom. The topological polar surface area (TPSA) is 57.4 Å². The highest BCUT2D eigenvalue weighted by atomic mass is 79.9. The van der Waals surface area contributed by atoms with Crippen molar-refractivity contribution in [3.05, 3.63) is 45.6 Å². The summed E-state index contributed by atoms with van der Waals surface area (Å²) in [4.78, 5) is 5.25. The highest BCUT2D eigenvalue weighted by Crippen LogP contribution is 2.38. The lowest BCUT2D eigenvalue weighted by molar-refractivity contribution is 0.309. The van der Waals surface area contributed by atoms with Crippen molar-refractivity contribution in [2.24, 2.45) is 0 Å². The lowest BCUT2D eigenvalue weighted by Gasteiger charge is -2.12. The highest BCUT2D eigenvalue weighted by Gasteiger charge is 2.14. The molecule has 2 aromatic heterocycles. The Balaban J connectivity index is 1.91. The zero-order chi connectivity index (χ0) is 17.8. The van der Waals surface area contributed by atoms with Gasteiger partial charge in [-0.15, -0.1) is 11.3 Å². The Bertz CT molecular complexity index is 893. The van der Waals surface area contributed by atoms with Crippen LogP contribution in [0.2, 0.25) is 0 Å². The monoisotopic (exact) mass is 440 g/mol. The Morgan fingerprint density at radius 2 is 2.28 bits per heavy atom. The number of halogens is 2. The summed E-state index contributed by atoms with van der Waals surface area (Å²) in [5.74, 6) is 2.03. The first-order chi connectivity index (χ1) is 12.1. The lowest BCUT2D eigenvalue weighted by atomic mass is 10.2. The number of hydrogen-bond acceptors (Lipinski definition) is 6. The van der Waals surface area contributed by atoms with Crippen LogP contribution in [0.5, 0.6) is 11.5 Å². The molecule has 0 aliphatic rings. The molecule has 25 heavy (non-hydrogen) atoms. The molecule has 3 aromatic rings.